The summed E-state index contributed by atoms with van der Waals surface area (Å²) in [7, 11) is 0. The maximum Gasteiger partial charge on any atom is 0.251 e. The first-order valence-corrected chi connectivity index (χ1v) is 12.2. The van der Waals surface area contributed by atoms with Gasteiger partial charge < -0.3 is 15.0 Å². The van der Waals surface area contributed by atoms with Crippen LogP contribution in [0.4, 0.5) is 0 Å². The molecule has 0 saturated carbocycles. The van der Waals surface area contributed by atoms with Crippen molar-refractivity contribution < 1.29 is 14.3 Å². The first kappa shape index (κ1) is 23.4. The SMILES string of the molecule is CC(C)NC(=O)[C@]1(Cc2ccccc2-c2cccnc2)CCCN(C(=O)[C@H]2CCCCO2)C1. The molecule has 2 aliphatic heterocycles. The molecule has 2 aliphatic rings. The van der Waals surface area contributed by atoms with Gasteiger partial charge in [-0.3, -0.25) is 14.6 Å². The lowest BCUT2D eigenvalue weighted by Crippen LogP contribution is -2.57. The van der Waals surface area contributed by atoms with Crippen molar-refractivity contribution in [1.82, 2.24) is 15.2 Å². The Balaban J connectivity index is 1.64. The topological polar surface area (TPSA) is 71.5 Å². The van der Waals surface area contributed by atoms with Crippen molar-refractivity contribution in [2.45, 2.75) is 64.5 Å². The molecule has 33 heavy (non-hydrogen) atoms. The van der Waals surface area contributed by atoms with Crippen LogP contribution >= 0.6 is 0 Å². The first-order chi connectivity index (χ1) is 16.0. The van der Waals surface area contributed by atoms with E-state index in [2.05, 4.69) is 22.4 Å². The average molecular weight is 450 g/mol. The molecule has 6 heteroatoms. The smallest absolute Gasteiger partial charge is 0.251 e. The molecule has 2 aromatic rings. The molecule has 0 aliphatic carbocycles. The minimum atomic E-state index is -0.675. The van der Waals surface area contributed by atoms with E-state index in [9.17, 15) is 9.59 Å². The summed E-state index contributed by atoms with van der Waals surface area (Å²) < 4.78 is 5.78. The summed E-state index contributed by atoms with van der Waals surface area (Å²) in [5.41, 5.74) is 2.55. The summed E-state index contributed by atoms with van der Waals surface area (Å²) in [5, 5.41) is 3.15. The lowest BCUT2D eigenvalue weighted by Gasteiger charge is -2.43. The number of hydrogen-bond donors (Lipinski definition) is 1. The average Bonchev–Trinajstić information content (AvgIpc) is 2.85. The van der Waals surface area contributed by atoms with E-state index >= 15 is 0 Å². The van der Waals surface area contributed by atoms with E-state index in [0.717, 1.165) is 48.8 Å². The number of aromatic nitrogens is 1. The molecule has 2 saturated heterocycles. The van der Waals surface area contributed by atoms with Crippen LogP contribution in [0.2, 0.25) is 0 Å². The molecule has 1 N–H and O–H groups in total. The number of pyridine rings is 1. The number of rotatable bonds is 6. The van der Waals surface area contributed by atoms with Gasteiger partial charge in [0.25, 0.3) is 5.91 Å². The summed E-state index contributed by atoms with van der Waals surface area (Å²) >= 11 is 0. The molecular formula is C27H35N3O3. The lowest BCUT2D eigenvalue weighted by molar-refractivity contribution is -0.152. The fraction of sp³-hybridized carbons (Fsp3) is 0.519. The lowest BCUT2D eigenvalue weighted by atomic mass is 9.73. The highest BCUT2D eigenvalue weighted by Gasteiger charge is 2.45. The van der Waals surface area contributed by atoms with E-state index in [1.54, 1.807) is 6.20 Å². The Morgan fingerprint density at radius 1 is 1.18 bits per heavy atom. The molecule has 0 unspecified atom stereocenters. The Morgan fingerprint density at radius 2 is 2.03 bits per heavy atom. The molecule has 1 aromatic carbocycles. The van der Waals surface area contributed by atoms with Gasteiger partial charge in [0.2, 0.25) is 5.91 Å². The molecule has 6 nitrogen and oxygen atoms in total. The van der Waals surface area contributed by atoms with Gasteiger partial charge >= 0.3 is 0 Å². The van der Waals surface area contributed by atoms with E-state index in [-0.39, 0.29) is 24.0 Å². The molecule has 176 valence electrons. The van der Waals surface area contributed by atoms with Crippen molar-refractivity contribution in [2.75, 3.05) is 19.7 Å². The first-order valence-electron chi connectivity index (χ1n) is 12.2. The predicted molar refractivity (Wildman–Crippen MR) is 128 cm³/mol. The van der Waals surface area contributed by atoms with E-state index in [0.29, 0.717) is 26.1 Å². The highest BCUT2D eigenvalue weighted by molar-refractivity contribution is 5.86. The van der Waals surface area contributed by atoms with Crippen LogP contribution < -0.4 is 5.32 Å². The fourth-order valence-electron chi connectivity index (χ4n) is 5.13. The highest BCUT2D eigenvalue weighted by Crippen LogP contribution is 2.38. The third kappa shape index (κ3) is 5.44. The van der Waals surface area contributed by atoms with Gasteiger partial charge in [0, 0.05) is 43.7 Å². The van der Waals surface area contributed by atoms with Crippen molar-refractivity contribution in [3.8, 4) is 11.1 Å². The molecule has 4 rings (SSSR count). The number of carbonyl (C=O) groups is 2. The van der Waals surface area contributed by atoms with Crippen molar-refractivity contribution in [2.24, 2.45) is 5.41 Å². The summed E-state index contributed by atoms with van der Waals surface area (Å²) in [6.45, 7) is 5.71. The number of carbonyl (C=O) groups excluding carboxylic acids is 2. The number of nitrogens with zero attached hydrogens (tertiary/aromatic N) is 2. The van der Waals surface area contributed by atoms with Crippen LogP contribution in [0.1, 0.15) is 51.5 Å². The summed E-state index contributed by atoms with van der Waals surface area (Å²) in [6, 6.07) is 12.2. The van der Waals surface area contributed by atoms with Gasteiger partial charge in [-0.2, -0.15) is 0 Å². The molecule has 2 atom stereocenters. The van der Waals surface area contributed by atoms with E-state index < -0.39 is 5.41 Å². The second-order valence-electron chi connectivity index (χ2n) is 9.70. The minimum absolute atomic E-state index is 0.0283. The summed E-state index contributed by atoms with van der Waals surface area (Å²) in [5.74, 6) is 0.0669. The number of amides is 2. The number of likely N-dealkylation sites (tertiary alicyclic amines) is 1. The molecule has 2 amide bonds. The second-order valence-corrected chi connectivity index (χ2v) is 9.70. The normalized spacial score (nSPS) is 23.4. The number of ether oxygens (including phenoxy) is 1. The van der Waals surface area contributed by atoms with Gasteiger partial charge in [-0.05, 0) is 69.6 Å². The zero-order valence-electron chi connectivity index (χ0n) is 19.8. The Labute approximate surface area is 196 Å². The van der Waals surface area contributed by atoms with Crippen molar-refractivity contribution in [3.63, 3.8) is 0 Å². The van der Waals surface area contributed by atoms with Gasteiger partial charge in [-0.25, -0.2) is 0 Å². The fourth-order valence-corrected chi connectivity index (χ4v) is 5.13. The molecule has 3 heterocycles. The maximum atomic E-state index is 13.6. The number of hydrogen-bond acceptors (Lipinski definition) is 4. The predicted octanol–water partition coefficient (Wildman–Crippen LogP) is 3.99. The van der Waals surface area contributed by atoms with Crippen LogP contribution in [0.15, 0.2) is 48.8 Å². The Morgan fingerprint density at radius 3 is 2.76 bits per heavy atom. The van der Waals surface area contributed by atoms with Crippen LogP contribution in [0.3, 0.4) is 0 Å². The van der Waals surface area contributed by atoms with Gasteiger partial charge in [0.1, 0.15) is 6.10 Å². The Bertz CT molecular complexity index is 956. The van der Waals surface area contributed by atoms with Crippen molar-refractivity contribution in [3.05, 3.63) is 54.4 Å². The van der Waals surface area contributed by atoms with Gasteiger partial charge in [-0.15, -0.1) is 0 Å². The van der Waals surface area contributed by atoms with Crippen molar-refractivity contribution >= 4 is 11.8 Å². The van der Waals surface area contributed by atoms with E-state index in [1.165, 1.54) is 0 Å². The van der Waals surface area contributed by atoms with Gasteiger partial charge in [0.15, 0.2) is 0 Å². The van der Waals surface area contributed by atoms with Gasteiger partial charge in [0.05, 0.1) is 5.41 Å². The molecule has 0 spiro atoms. The zero-order valence-corrected chi connectivity index (χ0v) is 19.8. The van der Waals surface area contributed by atoms with Gasteiger partial charge in [-0.1, -0.05) is 30.3 Å². The third-order valence-corrected chi connectivity index (χ3v) is 6.76. The molecule has 0 radical (unpaired) electrons. The van der Waals surface area contributed by atoms with Crippen LogP contribution in [0.25, 0.3) is 11.1 Å². The van der Waals surface area contributed by atoms with Crippen LogP contribution in [-0.4, -0.2) is 53.5 Å². The largest absolute Gasteiger partial charge is 0.368 e. The standard InChI is InChI=1S/C27H35N3O3/c1-20(2)29-26(32)27(13-8-15-30(19-27)25(31)24-12-5-6-16-33-24)17-21-9-3-4-11-23(21)22-10-7-14-28-18-22/h3-4,7,9-11,14,18,20,24H,5-6,8,12-13,15-17,19H2,1-2H3,(H,29,32)/t24-,27+/m1/s1. The Hall–Kier alpha value is -2.73. The summed E-state index contributed by atoms with van der Waals surface area (Å²) in [6.07, 6.45) is 8.18. The number of nitrogens with one attached hydrogen (secondary N) is 1. The van der Waals surface area contributed by atoms with E-state index in [4.69, 9.17) is 4.74 Å². The third-order valence-electron chi connectivity index (χ3n) is 6.76. The quantitative estimate of drug-likeness (QED) is 0.724. The molecule has 0 bridgehead atoms. The number of benzene rings is 1. The maximum absolute atomic E-state index is 13.6. The van der Waals surface area contributed by atoms with Crippen LogP contribution in [0.5, 0.6) is 0 Å². The second kappa shape index (κ2) is 10.5. The zero-order chi connectivity index (χ0) is 23.3. The molecular weight excluding hydrogens is 414 g/mol. The van der Waals surface area contributed by atoms with E-state index in [1.807, 2.05) is 49.2 Å². The number of piperidine rings is 1. The van der Waals surface area contributed by atoms with Crippen LogP contribution in [-0.2, 0) is 20.7 Å². The monoisotopic (exact) mass is 449 g/mol. The van der Waals surface area contributed by atoms with Crippen molar-refractivity contribution in [1.29, 1.82) is 0 Å². The molecule has 2 fully saturated rings. The Kier molecular flexibility index (Phi) is 7.43. The molecule has 1 aromatic heterocycles. The summed E-state index contributed by atoms with van der Waals surface area (Å²) in [4.78, 5) is 33.1. The van der Waals surface area contributed by atoms with Crippen LogP contribution in [0, 0.1) is 5.41 Å². The minimum Gasteiger partial charge on any atom is -0.368 e. The highest BCUT2D eigenvalue weighted by atomic mass is 16.5.